The minimum atomic E-state index is -0.260. The van der Waals surface area contributed by atoms with Crippen molar-refractivity contribution in [3.05, 3.63) is 35.9 Å². The first kappa shape index (κ1) is 14.8. The second-order valence-electron chi connectivity index (χ2n) is 5.87. The van der Waals surface area contributed by atoms with Gasteiger partial charge in [0.05, 0.1) is 30.1 Å². The summed E-state index contributed by atoms with van der Waals surface area (Å²) in [4.78, 5) is 12.4. The summed E-state index contributed by atoms with van der Waals surface area (Å²) in [6.07, 6.45) is 8.14. The average Bonchev–Trinajstić information content (AvgIpc) is 3.10. The van der Waals surface area contributed by atoms with Gasteiger partial charge in [-0.15, -0.1) is 0 Å². The maximum absolute atomic E-state index is 12.4. The lowest BCUT2D eigenvalue weighted by Crippen LogP contribution is -2.41. The molecule has 2 aromatic heterocycles. The van der Waals surface area contributed by atoms with Crippen LogP contribution in [0.1, 0.15) is 41.7 Å². The maximum atomic E-state index is 12.4. The molecule has 7 heteroatoms. The van der Waals surface area contributed by atoms with Crippen LogP contribution in [-0.2, 0) is 13.6 Å². The number of carbonyl (C=O) groups excluding carboxylic acids is 1. The highest BCUT2D eigenvalue weighted by Gasteiger charge is 2.36. The predicted octanol–water partition coefficient (Wildman–Crippen LogP) is 0.878. The van der Waals surface area contributed by atoms with Crippen molar-refractivity contribution < 1.29 is 9.90 Å². The van der Waals surface area contributed by atoms with Crippen molar-refractivity contribution in [2.45, 2.75) is 38.5 Å². The molecule has 1 unspecified atom stereocenters. The summed E-state index contributed by atoms with van der Waals surface area (Å²) in [5.41, 5.74) is 1.52. The largest absolute Gasteiger partial charge is 0.393 e. The number of hydrogen-bond acceptors (Lipinski definition) is 4. The number of aliphatic hydroxyl groups is 1. The Morgan fingerprint density at radius 1 is 1.41 bits per heavy atom. The molecule has 3 rings (SSSR count). The SMILES string of the molecule is CCn1cc(C(=O)NC(c2cnn(C)c2)C2CC(O)C2)cn1. The van der Waals surface area contributed by atoms with Crippen molar-refractivity contribution in [2.75, 3.05) is 0 Å². The van der Waals surface area contributed by atoms with E-state index in [0.29, 0.717) is 18.4 Å². The molecule has 7 nitrogen and oxygen atoms in total. The normalized spacial score (nSPS) is 22.1. The van der Waals surface area contributed by atoms with Crippen molar-refractivity contribution in [1.29, 1.82) is 0 Å². The molecule has 1 aliphatic carbocycles. The quantitative estimate of drug-likeness (QED) is 0.858. The Morgan fingerprint density at radius 3 is 2.73 bits per heavy atom. The first-order chi connectivity index (χ1) is 10.6. The Kier molecular flexibility index (Phi) is 3.98. The van der Waals surface area contributed by atoms with Gasteiger partial charge in [0, 0.05) is 31.5 Å². The number of amides is 1. The molecule has 0 radical (unpaired) electrons. The minimum Gasteiger partial charge on any atom is -0.393 e. The van der Waals surface area contributed by atoms with Crippen LogP contribution in [-0.4, -0.2) is 36.7 Å². The molecule has 1 fully saturated rings. The third-order valence-electron chi connectivity index (χ3n) is 4.21. The predicted molar refractivity (Wildman–Crippen MR) is 80.0 cm³/mol. The number of rotatable bonds is 5. The van der Waals surface area contributed by atoms with Gasteiger partial charge in [-0.3, -0.25) is 14.2 Å². The molecule has 1 amide bonds. The van der Waals surface area contributed by atoms with Crippen LogP contribution in [0.4, 0.5) is 0 Å². The Labute approximate surface area is 128 Å². The Balaban J connectivity index is 1.76. The van der Waals surface area contributed by atoms with Crippen molar-refractivity contribution >= 4 is 5.91 Å². The molecule has 1 saturated carbocycles. The third-order valence-corrected chi connectivity index (χ3v) is 4.21. The molecule has 0 saturated heterocycles. The van der Waals surface area contributed by atoms with Crippen LogP contribution in [0.25, 0.3) is 0 Å². The van der Waals surface area contributed by atoms with Crippen molar-refractivity contribution in [3.8, 4) is 0 Å². The topological polar surface area (TPSA) is 85.0 Å². The van der Waals surface area contributed by atoms with Gasteiger partial charge in [0.25, 0.3) is 5.91 Å². The van der Waals surface area contributed by atoms with Gasteiger partial charge >= 0.3 is 0 Å². The van der Waals surface area contributed by atoms with Crippen molar-refractivity contribution in [3.63, 3.8) is 0 Å². The van der Waals surface area contributed by atoms with E-state index in [-0.39, 0.29) is 24.0 Å². The highest BCUT2D eigenvalue weighted by molar-refractivity contribution is 5.94. The summed E-state index contributed by atoms with van der Waals surface area (Å²) >= 11 is 0. The monoisotopic (exact) mass is 303 g/mol. The Bertz CT molecular complexity index is 656. The van der Waals surface area contributed by atoms with Crippen LogP contribution in [0.3, 0.4) is 0 Å². The van der Waals surface area contributed by atoms with E-state index in [1.807, 2.05) is 20.2 Å². The molecule has 2 aromatic rings. The highest BCUT2D eigenvalue weighted by atomic mass is 16.3. The van der Waals surface area contributed by atoms with Gasteiger partial charge < -0.3 is 10.4 Å². The smallest absolute Gasteiger partial charge is 0.254 e. The first-order valence-electron chi connectivity index (χ1n) is 7.56. The number of aromatic nitrogens is 4. The summed E-state index contributed by atoms with van der Waals surface area (Å²) < 4.78 is 3.44. The van der Waals surface area contributed by atoms with Gasteiger partial charge in [0.15, 0.2) is 0 Å². The molecule has 1 aliphatic rings. The number of aryl methyl sites for hydroxylation is 2. The van der Waals surface area contributed by atoms with E-state index in [1.165, 1.54) is 0 Å². The Hall–Kier alpha value is -2.15. The van der Waals surface area contributed by atoms with Crippen LogP contribution < -0.4 is 5.32 Å². The first-order valence-corrected chi connectivity index (χ1v) is 7.56. The van der Waals surface area contributed by atoms with Gasteiger partial charge in [-0.25, -0.2) is 0 Å². The number of aliphatic hydroxyl groups excluding tert-OH is 1. The van der Waals surface area contributed by atoms with E-state index < -0.39 is 0 Å². The fourth-order valence-corrected chi connectivity index (χ4v) is 2.85. The van der Waals surface area contributed by atoms with Crippen LogP contribution in [0, 0.1) is 5.92 Å². The van der Waals surface area contributed by atoms with Crippen LogP contribution in [0.2, 0.25) is 0 Å². The van der Waals surface area contributed by atoms with Gasteiger partial charge in [-0.05, 0) is 25.7 Å². The summed E-state index contributed by atoms with van der Waals surface area (Å²) in [6, 6.07) is -0.130. The summed E-state index contributed by atoms with van der Waals surface area (Å²) in [5, 5.41) is 20.9. The van der Waals surface area contributed by atoms with E-state index in [4.69, 9.17) is 0 Å². The second kappa shape index (κ2) is 5.92. The molecule has 0 spiro atoms. The summed E-state index contributed by atoms with van der Waals surface area (Å²) in [7, 11) is 1.85. The molecule has 0 bridgehead atoms. The fourth-order valence-electron chi connectivity index (χ4n) is 2.85. The highest BCUT2D eigenvalue weighted by Crippen LogP contribution is 2.38. The number of nitrogens with zero attached hydrogens (tertiary/aromatic N) is 4. The number of hydrogen-bond donors (Lipinski definition) is 2. The molecule has 118 valence electrons. The minimum absolute atomic E-state index is 0.130. The maximum Gasteiger partial charge on any atom is 0.254 e. The molecule has 1 atom stereocenters. The van der Waals surface area contributed by atoms with Gasteiger partial charge in [0.1, 0.15) is 0 Å². The standard InChI is InChI=1S/C15H21N5O2/c1-3-20-9-12(7-17-20)15(22)18-14(10-4-13(21)5-10)11-6-16-19(2)8-11/h6-10,13-14,21H,3-5H2,1-2H3,(H,18,22). The van der Waals surface area contributed by atoms with Gasteiger partial charge in [0.2, 0.25) is 0 Å². The zero-order valence-electron chi connectivity index (χ0n) is 12.8. The van der Waals surface area contributed by atoms with Crippen LogP contribution in [0.15, 0.2) is 24.8 Å². The van der Waals surface area contributed by atoms with E-state index in [2.05, 4.69) is 15.5 Å². The second-order valence-corrected chi connectivity index (χ2v) is 5.87. The van der Waals surface area contributed by atoms with Crippen molar-refractivity contribution in [2.24, 2.45) is 13.0 Å². The van der Waals surface area contributed by atoms with Crippen LogP contribution in [0.5, 0.6) is 0 Å². The molecular weight excluding hydrogens is 282 g/mol. The zero-order valence-corrected chi connectivity index (χ0v) is 12.8. The molecule has 2 N–H and O–H groups in total. The van der Waals surface area contributed by atoms with E-state index in [1.54, 1.807) is 28.0 Å². The van der Waals surface area contributed by atoms with E-state index in [9.17, 15) is 9.90 Å². The molecule has 2 heterocycles. The van der Waals surface area contributed by atoms with E-state index in [0.717, 1.165) is 12.1 Å². The van der Waals surface area contributed by atoms with Crippen molar-refractivity contribution in [1.82, 2.24) is 24.9 Å². The molecular formula is C15H21N5O2. The lowest BCUT2D eigenvalue weighted by Gasteiger charge is -2.37. The van der Waals surface area contributed by atoms with Crippen LogP contribution >= 0.6 is 0 Å². The Morgan fingerprint density at radius 2 is 2.18 bits per heavy atom. The lowest BCUT2D eigenvalue weighted by molar-refractivity contribution is 0.0235. The van der Waals surface area contributed by atoms with Gasteiger partial charge in [-0.2, -0.15) is 10.2 Å². The zero-order chi connectivity index (χ0) is 15.7. The molecule has 0 aliphatic heterocycles. The number of nitrogens with one attached hydrogen (secondary N) is 1. The fraction of sp³-hybridized carbons (Fsp3) is 0.533. The number of carbonyl (C=O) groups is 1. The lowest BCUT2D eigenvalue weighted by atomic mass is 9.75. The van der Waals surface area contributed by atoms with Gasteiger partial charge in [-0.1, -0.05) is 0 Å². The third kappa shape index (κ3) is 2.89. The molecule has 22 heavy (non-hydrogen) atoms. The summed E-state index contributed by atoms with van der Waals surface area (Å²) in [6.45, 7) is 2.71. The van der Waals surface area contributed by atoms with E-state index >= 15 is 0 Å². The average molecular weight is 303 g/mol. The molecule has 0 aromatic carbocycles. The summed E-state index contributed by atoms with van der Waals surface area (Å²) in [5.74, 6) is 0.0966.